The predicted octanol–water partition coefficient (Wildman–Crippen LogP) is 4.41. The summed E-state index contributed by atoms with van der Waals surface area (Å²) in [6.07, 6.45) is 2.49. The van der Waals surface area contributed by atoms with E-state index < -0.39 is 21.7 Å². The van der Waals surface area contributed by atoms with Gasteiger partial charge in [0.25, 0.3) is 0 Å². The van der Waals surface area contributed by atoms with Crippen LogP contribution in [-0.4, -0.2) is 67.6 Å². The number of ether oxygens (including phenoxy) is 2. The minimum absolute atomic E-state index is 0.0691. The number of benzene rings is 2. The van der Waals surface area contributed by atoms with Crippen molar-refractivity contribution in [3.05, 3.63) is 60.2 Å². The Morgan fingerprint density at radius 3 is 2.27 bits per heavy atom. The van der Waals surface area contributed by atoms with E-state index in [2.05, 4.69) is 34.5 Å². The summed E-state index contributed by atoms with van der Waals surface area (Å²) in [6, 6.07) is 17.2. The van der Waals surface area contributed by atoms with Gasteiger partial charge in [-0.25, -0.2) is 13.2 Å². The lowest BCUT2D eigenvalue weighted by molar-refractivity contribution is 0.0489. The van der Waals surface area contributed by atoms with Crippen LogP contribution in [0.2, 0.25) is 0 Å². The highest BCUT2D eigenvalue weighted by molar-refractivity contribution is 7.89. The molecule has 4 rings (SSSR count). The lowest BCUT2D eigenvalue weighted by atomic mass is 10.1. The van der Waals surface area contributed by atoms with Gasteiger partial charge < -0.3 is 14.8 Å². The molecule has 0 aromatic heterocycles. The zero-order chi connectivity index (χ0) is 26.5. The molecule has 1 amide bonds. The Balaban J connectivity index is 1.28. The van der Waals surface area contributed by atoms with Crippen LogP contribution in [0.15, 0.2) is 59.5 Å². The predicted molar refractivity (Wildman–Crippen MR) is 143 cm³/mol. The summed E-state index contributed by atoms with van der Waals surface area (Å²) in [6.45, 7) is 8.96. The standard InChI is InChI=1S/C28H39N3O5S/c1-28(2,3)36-27(32)29-23-12-18-31(19-13-23)37(33,34)26-11-7-10-25(20-26)35-24-14-16-30(17-15-24)21-22-8-5-4-6-9-22/h4-11,20,23-24H,12-19,21H2,1-3H3,(H,29,32). The van der Waals surface area contributed by atoms with Crippen LogP contribution in [0.3, 0.4) is 0 Å². The van der Waals surface area contributed by atoms with Crippen LogP contribution in [0.25, 0.3) is 0 Å². The number of piperidine rings is 2. The number of alkyl carbamates (subject to hydrolysis) is 1. The van der Waals surface area contributed by atoms with Gasteiger partial charge >= 0.3 is 6.09 Å². The molecule has 2 aromatic carbocycles. The fourth-order valence-corrected chi connectivity index (χ4v) is 6.30. The van der Waals surface area contributed by atoms with Gasteiger partial charge in [-0.2, -0.15) is 4.31 Å². The zero-order valence-corrected chi connectivity index (χ0v) is 22.9. The zero-order valence-electron chi connectivity index (χ0n) is 22.1. The van der Waals surface area contributed by atoms with Gasteiger partial charge in [0, 0.05) is 44.8 Å². The monoisotopic (exact) mass is 529 g/mol. The average molecular weight is 530 g/mol. The van der Waals surface area contributed by atoms with Crippen molar-refractivity contribution in [1.29, 1.82) is 0 Å². The average Bonchev–Trinajstić information content (AvgIpc) is 2.85. The summed E-state index contributed by atoms with van der Waals surface area (Å²) < 4.78 is 39.6. The van der Waals surface area contributed by atoms with Crippen LogP contribution in [-0.2, 0) is 21.3 Å². The number of hydrogen-bond acceptors (Lipinski definition) is 6. The van der Waals surface area contributed by atoms with Crippen molar-refractivity contribution in [2.75, 3.05) is 26.2 Å². The lowest BCUT2D eigenvalue weighted by Crippen LogP contribution is -2.47. The number of amides is 1. The molecule has 0 spiro atoms. The molecule has 0 aliphatic carbocycles. The quantitative estimate of drug-likeness (QED) is 0.572. The summed E-state index contributed by atoms with van der Waals surface area (Å²) in [5.41, 5.74) is 0.741. The summed E-state index contributed by atoms with van der Waals surface area (Å²) in [7, 11) is -3.65. The van der Waals surface area contributed by atoms with E-state index in [0.717, 1.165) is 32.5 Å². The molecule has 9 heteroatoms. The lowest BCUT2D eigenvalue weighted by Gasteiger charge is -2.33. The van der Waals surface area contributed by atoms with E-state index in [0.29, 0.717) is 31.7 Å². The molecule has 1 N–H and O–H groups in total. The van der Waals surface area contributed by atoms with Gasteiger partial charge in [-0.05, 0) is 64.2 Å². The number of nitrogens with one attached hydrogen (secondary N) is 1. The number of sulfonamides is 1. The van der Waals surface area contributed by atoms with Crippen LogP contribution in [0.5, 0.6) is 5.75 Å². The van der Waals surface area contributed by atoms with E-state index in [9.17, 15) is 13.2 Å². The molecule has 2 aliphatic rings. The van der Waals surface area contributed by atoms with E-state index in [-0.39, 0.29) is 17.0 Å². The van der Waals surface area contributed by atoms with Gasteiger partial charge in [0.15, 0.2) is 0 Å². The van der Waals surface area contributed by atoms with Crippen LogP contribution >= 0.6 is 0 Å². The molecule has 0 radical (unpaired) electrons. The summed E-state index contributed by atoms with van der Waals surface area (Å²) in [5.74, 6) is 0.587. The molecular weight excluding hydrogens is 490 g/mol. The van der Waals surface area contributed by atoms with Crippen molar-refractivity contribution in [2.45, 2.75) is 75.6 Å². The molecule has 2 fully saturated rings. The minimum atomic E-state index is -3.65. The van der Waals surface area contributed by atoms with Crippen molar-refractivity contribution >= 4 is 16.1 Å². The fraction of sp³-hybridized carbons (Fsp3) is 0.536. The Morgan fingerprint density at radius 1 is 0.946 bits per heavy atom. The van der Waals surface area contributed by atoms with Crippen LogP contribution < -0.4 is 10.1 Å². The van der Waals surface area contributed by atoms with Crippen LogP contribution in [0, 0.1) is 0 Å². The molecule has 0 bridgehead atoms. The van der Waals surface area contributed by atoms with Crippen molar-refractivity contribution < 1.29 is 22.7 Å². The minimum Gasteiger partial charge on any atom is -0.490 e. The van der Waals surface area contributed by atoms with Crippen molar-refractivity contribution in [2.24, 2.45) is 0 Å². The maximum atomic E-state index is 13.3. The topological polar surface area (TPSA) is 88.2 Å². The van der Waals surface area contributed by atoms with Crippen molar-refractivity contribution in [3.8, 4) is 5.75 Å². The highest BCUT2D eigenvalue weighted by Gasteiger charge is 2.31. The number of carbonyl (C=O) groups is 1. The Labute approximate surface area is 221 Å². The van der Waals surface area contributed by atoms with Gasteiger partial charge in [-0.1, -0.05) is 36.4 Å². The Kier molecular flexibility index (Phi) is 8.77. The molecule has 2 saturated heterocycles. The van der Waals surface area contributed by atoms with E-state index in [1.165, 1.54) is 9.87 Å². The van der Waals surface area contributed by atoms with Crippen molar-refractivity contribution in [3.63, 3.8) is 0 Å². The highest BCUT2D eigenvalue weighted by atomic mass is 32.2. The molecular formula is C28H39N3O5S. The number of hydrogen-bond donors (Lipinski definition) is 1. The van der Waals surface area contributed by atoms with Gasteiger partial charge in [-0.3, -0.25) is 4.90 Å². The number of rotatable bonds is 7. The maximum Gasteiger partial charge on any atom is 0.407 e. The van der Waals surface area contributed by atoms with Gasteiger partial charge in [0.05, 0.1) is 4.90 Å². The molecule has 0 saturated carbocycles. The first-order valence-corrected chi connectivity index (χ1v) is 14.6. The molecule has 202 valence electrons. The number of likely N-dealkylation sites (tertiary alicyclic amines) is 1. The van der Waals surface area contributed by atoms with E-state index in [1.807, 2.05) is 32.9 Å². The molecule has 0 atom stereocenters. The maximum absolute atomic E-state index is 13.3. The number of nitrogens with zero attached hydrogens (tertiary/aromatic N) is 2. The molecule has 37 heavy (non-hydrogen) atoms. The van der Waals surface area contributed by atoms with Gasteiger partial charge in [-0.15, -0.1) is 0 Å². The molecule has 0 unspecified atom stereocenters. The third-order valence-electron chi connectivity index (χ3n) is 6.70. The largest absolute Gasteiger partial charge is 0.490 e. The third-order valence-corrected chi connectivity index (χ3v) is 8.60. The Bertz CT molecular complexity index is 1130. The summed E-state index contributed by atoms with van der Waals surface area (Å²) in [4.78, 5) is 14.7. The molecule has 2 heterocycles. The van der Waals surface area contributed by atoms with Crippen LogP contribution in [0.1, 0.15) is 52.0 Å². The SMILES string of the molecule is CC(C)(C)OC(=O)NC1CCN(S(=O)(=O)c2cccc(OC3CCN(Cc4ccccc4)CC3)c2)CC1. The molecule has 8 nitrogen and oxygen atoms in total. The first-order valence-electron chi connectivity index (χ1n) is 13.1. The summed E-state index contributed by atoms with van der Waals surface area (Å²) in [5, 5.41) is 2.85. The normalized spacial score (nSPS) is 18.9. The first-order chi connectivity index (χ1) is 17.6. The summed E-state index contributed by atoms with van der Waals surface area (Å²) >= 11 is 0. The van der Waals surface area contributed by atoms with E-state index in [1.54, 1.807) is 18.2 Å². The smallest absolute Gasteiger partial charge is 0.407 e. The molecule has 2 aromatic rings. The first kappa shape index (κ1) is 27.4. The second kappa shape index (κ2) is 11.8. The van der Waals surface area contributed by atoms with E-state index in [4.69, 9.17) is 9.47 Å². The third kappa shape index (κ3) is 7.93. The second-order valence-electron chi connectivity index (χ2n) is 10.9. The Hall–Kier alpha value is -2.62. The number of carbonyl (C=O) groups excluding carboxylic acids is 1. The fourth-order valence-electron chi connectivity index (χ4n) is 4.79. The van der Waals surface area contributed by atoms with Gasteiger partial charge in [0.2, 0.25) is 10.0 Å². The van der Waals surface area contributed by atoms with Gasteiger partial charge in [0.1, 0.15) is 17.5 Å². The van der Waals surface area contributed by atoms with Crippen LogP contribution in [0.4, 0.5) is 4.79 Å². The van der Waals surface area contributed by atoms with E-state index >= 15 is 0 Å². The second-order valence-corrected chi connectivity index (χ2v) is 12.8. The highest BCUT2D eigenvalue weighted by Crippen LogP contribution is 2.26. The molecule has 2 aliphatic heterocycles. The van der Waals surface area contributed by atoms with Crippen molar-refractivity contribution in [1.82, 2.24) is 14.5 Å². The Morgan fingerprint density at radius 2 is 1.62 bits per heavy atom.